The van der Waals surface area contributed by atoms with Gasteiger partial charge < -0.3 is 75.8 Å². The molecule has 123 heavy (non-hydrogen) atoms. The van der Waals surface area contributed by atoms with Gasteiger partial charge in [-0.25, -0.2) is 0 Å². The quantitative estimate of drug-likeness (QED) is 0.0171. The first-order valence-electron chi connectivity index (χ1n) is 41.0. The molecule has 4 atom stereocenters. The van der Waals surface area contributed by atoms with Crippen LogP contribution in [0.15, 0.2) is 148 Å². The first-order chi connectivity index (χ1) is 57.5. The second kappa shape index (κ2) is 81.9. The minimum absolute atomic E-state index is 0. The first-order valence-corrected chi connectivity index (χ1v) is 47.3. The number of hydrogen-bond acceptors (Lipinski definition) is 28. The van der Waals surface area contributed by atoms with Gasteiger partial charge in [-0.3, -0.25) is 16.7 Å². The normalized spacial score (nSPS) is 12.2. The van der Waals surface area contributed by atoms with Gasteiger partial charge in [-0.05, 0) is 122 Å². The Morgan fingerprint density at radius 2 is 0.447 bits per heavy atom. The lowest BCUT2D eigenvalue weighted by Crippen LogP contribution is -2.29. The van der Waals surface area contributed by atoms with Crippen LogP contribution in [0, 0.1) is 0 Å². The molecule has 0 N–H and O–H groups in total. The van der Waals surface area contributed by atoms with Crippen molar-refractivity contribution in [3.8, 4) is 23.0 Å². The average molecular weight is 1830 g/mol. The summed E-state index contributed by atoms with van der Waals surface area (Å²) in [6.07, 6.45) is 33.3. The van der Waals surface area contributed by atoms with Gasteiger partial charge in [0.25, 0.3) is 40.5 Å². The SMILES string of the molecule is C.C.C.C.C=CCOCC(COc1ccc(CCCC)cc1)OCOCS(=O)(=O)OC.C=CCOCC(COc1ccc(CCCCCC)cc1)OCOCS(=O)(=O)OC.C=CCOCC(COc1ccc(CCCCCCCC)cc1)OCOCS(=O)(=O)OC.C=CCOCC(COc1ccc(CCCCCCCCC)cc1)OCOCS(=O)(=O)OC. The second-order valence-corrected chi connectivity index (χ2v) is 34.0. The van der Waals surface area contributed by atoms with Crippen molar-refractivity contribution in [1.29, 1.82) is 0 Å². The molecule has 0 saturated heterocycles. The summed E-state index contributed by atoms with van der Waals surface area (Å²) in [6.45, 7) is 25.9. The fourth-order valence-electron chi connectivity index (χ4n) is 10.3. The van der Waals surface area contributed by atoms with Crippen molar-refractivity contribution in [2.45, 2.75) is 229 Å². The highest BCUT2D eigenvalue weighted by molar-refractivity contribution is 7.87. The van der Waals surface area contributed by atoms with Gasteiger partial charge >= 0.3 is 0 Å². The standard InChI is InChI=1S/C24H40O7S.C23H38O7S.C21H34O7S.C19H30O7S.4CH4/c1-4-6-7-8-9-10-11-12-22-13-15-23(16-14-22)30-19-24(18-28-17-5-2)31-20-29-21-32(25,26)27-3;1-4-6-7-8-9-10-11-21-12-14-22(15-13-21)29-18-23(17-27-16-5-2)30-19-28-20-31(24,25)26-3;1-4-6-7-8-9-19-10-12-20(13-11-19)27-16-21(15-25-14-5-2)28-17-26-18-29(22,23)24-3;1-4-6-7-17-8-10-18(11-9-17)25-14-19(13-23-12-5-2)26-15-24-16-27(20,21)22-3;;;;/h5,13-16,24H,2,4,6-12,17-21H2,1,3H3;5,12-15,23H,2,4,6-11,16-20H2,1,3H3;5,10-13,21H,2,4,6-9,14-18H2,1,3H3;5,8-11,19H,2,4,6-7,12-16H2,1,3H3;4*1H4. The third kappa shape index (κ3) is 71.9. The third-order valence-corrected chi connectivity index (χ3v) is 20.9. The van der Waals surface area contributed by atoms with Crippen LogP contribution in [-0.4, -0.2) is 217 Å². The predicted molar refractivity (Wildman–Crippen MR) is 490 cm³/mol. The summed E-state index contributed by atoms with van der Waals surface area (Å²) < 4.78 is 194. The maximum Gasteiger partial charge on any atom is 0.291 e. The molecule has 0 fully saturated rings. The molecule has 0 heterocycles. The van der Waals surface area contributed by atoms with E-state index in [0.29, 0.717) is 26.4 Å². The molecule has 4 rings (SSSR count). The largest absolute Gasteiger partial charge is 0.491 e. The monoisotopic (exact) mass is 1830 g/mol. The van der Waals surface area contributed by atoms with Crippen LogP contribution in [0.5, 0.6) is 23.0 Å². The third-order valence-electron chi connectivity index (χ3n) is 17.1. The lowest BCUT2D eigenvalue weighted by Gasteiger charge is -2.18. The number of unbranched alkanes of at least 4 members (excludes halogenated alkanes) is 15. The van der Waals surface area contributed by atoms with Crippen LogP contribution in [0.3, 0.4) is 0 Å². The number of aryl methyl sites for hydroxylation is 4. The lowest BCUT2D eigenvalue weighted by molar-refractivity contribution is -0.111. The number of rotatable bonds is 75. The van der Waals surface area contributed by atoms with Crippen molar-refractivity contribution in [3.63, 3.8) is 0 Å². The Bertz CT molecular complexity index is 3560. The molecule has 4 unspecified atom stereocenters. The van der Waals surface area contributed by atoms with Crippen molar-refractivity contribution in [3.05, 3.63) is 170 Å². The summed E-state index contributed by atoms with van der Waals surface area (Å²) in [4.78, 5) is 0. The number of ether oxygens (including phenoxy) is 16. The van der Waals surface area contributed by atoms with E-state index < -0.39 is 88.6 Å². The van der Waals surface area contributed by atoms with Crippen molar-refractivity contribution in [1.82, 2.24) is 0 Å². The summed E-state index contributed by atoms with van der Waals surface area (Å²) in [7, 11) is -10.4. The molecular formula is C91H158O28S4. The Kier molecular flexibility index (Phi) is 82.3. The molecule has 0 amide bonds. The van der Waals surface area contributed by atoms with Gasteiger partial charge in [-0.15, -0.1) is 26.3 Å². The van der Waals surface area contributed by atoms with Crippen LogP contribution < -0.4 is 18.9 Å². The molecule has 0 aliphatic carbocycles. The van der Waals surface area contributed by atoms with Gasteiger partial charge in [0.05, 0.1) is 81.3 Å². The van der Waals surface area contributed by atoms with Crippen LogP contribution in [0.1, 0.15) is 202 Å². The zero-order valence-corrected chi connectivity index (χ0v) is 75.4. The number of benzene rings is 4. The molecule has 0 aliphatic rings. The van der Waals surface area contributed by atoms with Gasteiger partial charge in [0.1, 0.15) is 101 Å². The smallest absolute Gasteiger partial charge is 0.291 e. The molecule has 0 radical (unpaired) electrons. The van der Waals surface area contributed by atoms with E-state index in [-0.39, 0.29) is 110 Å². The van der Waals surface area contributed by atoms with Crippen LogP contribution in [-0.2, 0) is 140 Å². The molecule has 714 valence electrons. The van der Waals surface area contributed by atoms with E-state index in [9.17, 15) is 33.7 Å². The molecule has 0 bridgehead atoms. The fourth-order valence-corrected chi connectivity index (χ4v) is 11.8. The summed E-state index contributed by atoms with van der Waals surface area (Å²) in [5, 5.41) is 0. The zero-order chi connectivity index (χ0) is 87.6. The molecule has 0 aliphatic heterocycles. The molecule has 0 aromatic heterocycles. The van der Waals surface area contributed by atoms with E-state index in [1.165, 1.54) is 131 Å². The Morgan fingerprint density at radius 1 is 0.260 bits per heavy atom. The van der Waals surface area contributed by atoms with E-state index in [1.54, 1.807) is 24.3 Å². The molecular weight excluding hydrogens is 1670 g/mol. The lowest BCUT2D eigenvalue weighted by atomic mass is 10.0. The fraction of sp³-hybridized carbons (Fsp3) is 0.648. The maximum atomic E-state index is 11.3. The minimum Gasteiger partial charge on any atom is -0.491 e. The average Bonchev–Trinajstić information content (AvgIpc) is 0.910. The van der Waals surface area contributed by atoms with E-state index in [1.807, 2.05) is 60.7 Å². The van der Waals surface area contributed by atoms with Gasteiger partial charge in [0.15, 0.2) is 23.8 Å². The molecule has 4 aromatic rings. The highest BCUT2D eigenvalue weighted by Crippen LogP contribution is 2.21. The number of hydrogen-bond donors (Lipinski definition) is 0. The first kappa shape index (κ1) is 123. The highest BCUT2D eigenvalue weighted by Gasteiger charge is 2.19. The van der Waals surface area contributed by atoms with Crippen molar-refractivity contribution in [2.75, 3.05) is 159 Å². The van der Waals surface area contributed by atoms with E-state index in [4.69, 9.17) is 75.8 Å². The van der Waals surface area contributed by atoms with Crippen LogP contribution in [0.4, 0.5) is 0 Å². The Labute approximate surface area is 743 Å². The van der Waals surface area contributed by atoms with Crippen LogP contribution in [0.2, 0.25) is 0 Å². The van der Waals surface area contributed by atoms with Gasteiger partial charge in [-0.1, -0.05) is 227 Å². The predicted octanol–water partition coefficient (Wildman–Crippen LogP) is 18.4. The Morgan fingerprint density at radius 3 is 0.642 bits per heavy atom. The zero-order valence-electron chi connectivity index (χ0n) is 72.2. The summed E-state index contributed by atoms with van der Waals surface area (Å²) in [6, 6.07) is 32.2. The van der Waals surface area contributed by atoms with Crippen LogP contribution >= 0.6 is 0 Å². The van der Waals surface area contributed by atoms with E-state index in [0.717, 1.165) is 90.0 Å². The van der Waals surface area contributed by atoms with Crippen molar-refractivity contribution >= 4 is 40.5 Å². The van der Waals surface area contributed by atoms with Crippen LogP contribution in [0.25, 0.3) is 0 Å². The Hall–Kier alpha value is -5.80. The highest BCUT2D eigenvalue weighted by atomic mass is 32.2. The van der Waals surface area contributed by atoms with E-state index >= 15 is 0 Å². The molecule has 0 spiro atoms. The molecule has 32 heteroatoms. The topological polar surface area (TPSA) is 321 Å². The second-order valence-electron chi connectivity index (χ2n) is 27.2. The van der Waals surface area contributed by atoms with Gasteiger partial charge in [0, 0.05) is 0 Å². The van der Waals surface area contributed by atoms with E-state index in [2.05, 4.69) is 107 Å². The molecule has 28 nitrogen and oxygen atoms in total. The Balaban J connectivity index is -0.000000761. The van der Waals surface area contributed by atoms with Crippen molar-refractivity contribution < 1.29 is 126 Å². The summed E-state index contributed by atoms with van der Waals surface area (Å²) in [5.41, 5.74) is 5.18. The summed E-state index contributed by atoms with van der Waals surface area (Å²) in [5.74, 6) is 0.641. The summed E-state index contributed by atoms with van der Waals surface area (Å²) >= 11 is 0. The van der Waals surface area contributed by atoms with Gasteiger partial charge in [-0.2, -0.15) is 33.7 Å². The van der Waals surface area contributed by atoms with Crippen molar-refractivity contribution in [2.24, 2.45) is 0 Å². The molecule has 4 aromatic carbocycles. The van der Waals surface area contributed by atoms with Gasteiger partial charge in [0.2, 0.25) is 0 Å². The molecule has 0 saturated carbocycles. The maximum absolute atomic E-state index is 11.3. The minimum atomic E-state index is -3.69.